The SMILES string of the molecule is CC(C)(C)C(C)(C)C(N)(N)N. The molecule has 0 bridgehead atoms. The lowest BCUT2D eigenvalue weighted by molar-refractivity contribution is 0.0367. The van der Waals surface area contributed by atoms with E-state index < -0.39 is 5.79 Å². The largest absolute Gasteiger partial charge is 0.301 e. The monoisotopic (exact) mass is 159 g/mol. The summed E-state index contributed by atoms with van der Waals surface area (Å²) >= 11 is 0. The number of hydrogen-bond acceptors (Lipinski definition) is 3. The molecular formula is C8H21N3. The lowest BCUT2D eigenvalue weighted by Gasteiger charge is -2.47. The van der Waals surface area contributed by atoms with Gasteiger partial charge in [-0.3, -0.25) is 0 Å². The van der Waals surface area contributed by atoms with Crippen LogP contribution in [0.5, 0.6) is 0 Å². The van der Waals surface area contributed by atoms with Gasteiger partial charge in [0.2, 0.25) is 0 Å². The molecule has 0 aliphatic rings. The lowest BCUT2D eigenvalue weighted by Crippen LogP contribution is -2.70. The van der Waals surface area contributed by atoms with Gasteiger partial charge < -0.3 is 17.2 Å². The van der Waals surface area contributed by atoms with Gasteiger partial charge in [0.05, 0.1) is 0 Å². The van der Waals surface area contributed by atoms with Crippen molar-refractivity contribution in [3.05, 3.63) is 0 Å². The fourth-order valence-corrected chi connectivity index (χ4v) is 0.650. The molecule has 0 unspecified atom stereocenters. The van der Waals surface area contributed by atoms with Gasteiger partial charge in [-0.2, -0.15) is 0 Å². The average Bonchev–Trinajstić information content (AvgIpc) is 1.58. The topological polar surface area (TPSA) is 78.1 Å². The third-order valence-electron chi connectivity index (χ3n) is 2.96. The van der Waals surface area contributed by atoms with Crippen LogP contribution in [0, 0.1) is 10.8 Å². The zero-order valence-corrected chi connectivity index (χ0v) is 8.23. The first-order valence-electron chi connectivity index (χ1n) is 3.87. The van der Waals surface area contributed by atoms with E-state index in [1.165, 1.54) is 0 Å². The summed E-state index contributed by atoms with van der Waals surface area (Å²) in [5, 5.41) is 0. The highest BCUT2D eigenvalue weighted by molar-refractivity contribution is 4.95. The fraction of sp³-hybridized carbons (Fsp3) is 1.00. The standard InChI is InChI=1S/C8H21N3/c1-6(2,3)7(4,5)8(9,10)11/h9-11H2,1-5H3. The Hall–Kier alpha value is -0.120. The van der Waals surface area contributed by atoms with Gasteiger partial charge in [0, 0.05) is 5.41 Å². The van der Waals surface area contributed by atoms with Crippen LogP contribution < -0.4 is 17.2 Å². The van der Waals surface area contributed by atoms with Crippen molar-refractivity contribution < 1.29 is 0 Å². The van der Waals surface area contributed by atoms with Crippen molar-refractivity contribution >= 4 is 0 Å². The highest BCUT2D eigenvalue weighted by Crippen LogP contribution is 2.40. The van der Waals surface area contributed by atoms with E-state index in [1.807, 2.05) is 13.8 Å². The molecule has 0 aliphatic carbocycles. The van der Waals surface area contributed by atoms with Crippen molar-refractivity contribution in [3.63, 3.8) is 0 Å². The van der Waals surface area contributed by atoms with Crippen LogP contribution >= 0.6 is 0 Å². The molecule has 0 aromatic carbocycles. The Kier molecular flexibility index (Phi) is 2.41. The second-order valence-electron chi connectivity index (χ2n) is 4.81. The smallest absolute Gasteiger partial charge is 0.121 e. The van der Waals surface area contributed by atoms with E-state index in [2.05, 4.69) is 20.8 Å². The molecule has 3 nitrogen and oxygen atoms in total. The minimum atomic E-state index is -1.12. The number of hydrogen-bond donors (Lipinski definition) is 3. The van der Waals surface area contributed by atoms with Crippen molar-refractivity contribution in [2.45, 2.75) is 40.4 Å². The summed E-state index contributed by atoms with van der Waals surface area (Å²) < 4.78 is 0. The molecule has 68 valence electrons. The van der Waals surface area contributed by atoms with Crippen LogP contribution in [-0.4, -0.2) is 5.79 Å². The Balaban J connectivity index is 4.75. The fourth-order valence-electron chi connectivity index (χ4n) is 0.650. The second kappa shape index (κ2) is 2.44. The Bertz CT molecular complexity index is 120. The molecule has 6 N–H and O–H groups in total. The quantitative estimate of drug-likeness (QED) is 0.490. The maximum absolute atomic E-state index is 5.65. The van der Waals surface area contributed by atoms with Crippen LogP contribution in [0.15, 0.2) is 0 Å². The van der Waals surface area contributed by atoms with E-state index in [1.54, 1.807) is 0 Å². The van der Waals surface area contributed by atoms with Gasteiger partial charge in [-0.1, -0.05) is 34.6 Å². The normalized spacial score (nSPS) is 15.3. The Labute approximate surface area is 69.3 Å². The third-order valence-corrected chi connectivity index (χ3v) is 2.96. The van der Waals surface area contributed by atoms with Crippen molar-refractivity contribution in [2.24, 2.45) is 28.0 Å². The maximum Gasteiger partial charge on any atom is 0.121 e. The first kappa shape index (κ1) is 10.9. The predicted molar refractivity (Wildman–Crippen MR) is 48.5 cm³/mol. The van der Waals surface area contributed by atoms with Crippen molar-refractivity contribution in [2.75, 3.05) is 0 Å². The maximum atomic E-state index is 5.65. The minimum Gasteiger partial charge on any atom is -0.301 e. The summed E-state index contributed by atoms with van der Waals surface area (Å²) in [6, 6.07) is 0. The Morgan fingerprint density at radius 3 is 1.00 bits per heavy atom. The van der Waals surface area contributed by atoms with Crippen molar-refractivity contribution in [3.8, 4) is 0 Å². The van der Waals surface area contributed by atoms with Crippen LogP contribution in [0.3, 0.4) is 0 Å². The van der Waals surface area contributed by atoms with Gasteiger partial charge in [0.25, 0.3) is 0 Å². The van der Waals surface area contributed by atoms with E-state index in [-0.39, 0.29) is 10.8 Å². The van der Waals surface area contributed by atoms with Crippen LogP contribution in [0.2, 0.25) is 0 Å². The molecule has 0 aromatic heterocycles. The van der Waals surface area contributed by atoms with E-state index >= 15 is 0 Å². The molecule has 11 heavy (non-hydrogen) atoms. The highest BCUT2D eigenvalue weighted by atomic mass is 15.1. The molecule has 0 saturated carbocycles. The molecule has 0 fully saturated rings. The van der Waals surface area contributed by atoms with Crippen LogP contribution in [0.1, 0.15) is 34.6 Å². The number of rotatable bonds is 1. The van der Waals surface area contributed by atoms with E-state index in [9.17, 15) is 0 Å². The Morgan fingerprint density at radius 1 is 0.727 bits per heavy atom. The Morgan fingerprint density at radius 2 is 1.00 bits per heavy atom. The zero-order chi connectivity index (χ0) is 9.50. The predicted octanol–water partition coefficient (Wildman–Crippen LogP) is 0.589. The lowest BCUT2D eigenvalue weighted by atomic mass is 9.65. The summed E-state index contributed by atoms with van der Waals surface area (Å²) in [7, 11) is 0. The summed E-state index contributed by atoms with van der Waals surface area (Å²) in [4.78, 5) is 0. The second-order valence-corrected chi connectivity index (χ2v) is 4.81. The molecule has 0 heterocycles. The van der Waals surface area contributed by atoms with E-state index in [0.29, 0.717) is 0 Å². The van der Waals surface area contributed by atoms with Crippen LogP contribution in [0.25, 0.3) is 0 Å². The average molecular weight is 159 g/mol. The zero-order valence-electron chi connectivity index (χ0n) is 8.23. The first-order valence-corrected chi connectivity index (χ1v) is 3.87. The van der Waals surface area contributed by atoms with Gasteiger partial charge in [0.1, 0.15) is 5.79 Å². The molecule has 0 spiro atoms. The summed E-state index contributed by atoms with van der Waals surface area (Å²) in [5.74, 6) is -1.12. The molecule has 0 aromatic rings. The van der Waals surface area contributed by atoms with E-state index in [0.717, 1.165) is 0 Å². The van der Waals surface area contributed by atoms with Crippen LogP contribution in [0.4, 0.5) is 0 Å². The third kappa shape index (κ3) is 1.92. The molecule has 0 atom stereocenters. The summed E-state index contributed by atoms with van der Waals surface area (Å²) in [6.45, 7) is 10.2. The highest BCUT2D eigenvalue weighted by Gasteiger charge is 2.44. The van der Waals surface area contributed by atoms with Crippen LogP contribution in [-0.2, 0) is 0 Å². The molecule has 0 saturated heterocycles. The van der Waals surface area contributed by atoms with Crippen molar-refractivity contribution in [1.29, 1.82) is 0 Å². The molecular weight excluding hydrogens is 138 g/mol. The molecule has 3 heteroatoms. The van der Waals surface area contributed by atoms with E-state index in [4.69, 9.17) is 17.2 Å². The van der Waals surface area contributed by atoms with Gasteiger partial charge in [-0.15, -0.1) is 0 Å². The van der Waals surface area contributed by atoms with Gasteiger partial charge >= 0.3 is 0 Å². The van der Waals surface area contributed by atoms with Gasteiger partial charge in [-0.05, 0) is 5.41 Å². The first-order chi connectivity index (χ1) is 4.50. The number of nitrogens with two attached hydrogens (primary N) is 3. The van der Waals surface area contributed by atoms with Gasteiger partial charge in [0.15, 0.2) is 0 Å². The molecule has 0 amide bonds. The summed E-state index contributed by atoms with van der Waals surface area (Å²) in [5.41, 5.74) is 16.7. The summed E-state index contributed by atoms with van der Waals surface area (Å²) in [6.07, 6.45) is 0. The van der Waals surface area contributed by atoms with Gasteiger partial charge in [-0.25, -0.2) is 0 Å². The van der Waals surface area contributed by atoms with Crippen molar-refractivity contribution in [1.82, 2.24) is 0 Å². The molecule has 0 rings (SSSR count). The molecule has 0 radical (unpaired) electrons. The molecule has 0 aliphatic heterocycles. The minimum absolute atomic E-state index is 0.00521.